The molecule has 0 radical (unpaired) electrons. The molecule has 0 fully saturated rings. The van der Waals surface area contributed by atoms with E-state index in [1.807, 2.05) is 0 Å². The SMILES string of the molecule is CCOC(=O)c1c(Cl)c2ccccc2n1C(=O)OC(C)(C)C. The first-order valence-corrected chi connectivity index (χ1v) is 7.33. The zero-order chi connectivity index (χ0) is 16.5. The van der Waals surface area contributed by atoms with E-state index in [4.69, 9.17) is 21.1 Å². The first-order valence-electron chi connectivity index (χ1n) is 6.95. The van der Waals surface area contributed by atoms with Crippen LogP contribution in [-0.2, 0) is 9.47 Å². The predicted octanol–water partition coefficient (Wildman–Crippen LogP) is 4.25. The van der Waals surface area contributed by atoms with Crippen molar-refractivity contribution in [3.63, 3.8) is 0 Å². The van der Waals surface area contributed by atoms with Crippen LogP contribution in [0.1, 0.15) is 38.2 Å². The van der Waals surface area contributed by atoms with Gasteiger partial charge in [0.15, 0.2) is 5.69 Å². The van der Waals surface area contributed by atoms with Crippen LogP contribution in [0.25, 0.3) is 10.9 Å². The molecular formula is C16H18ClNO4. The van der Waals surface area contributed by atoms with E-state index in [2.05, 4.69) is 0 Å². The standard InChI is InChI=1S/C16H18ClNO4/c1-5-21-14(19)13-12(17)10-8-6-7-9-11(10)18(13)15(20)22-16(2,3)4/h6-9H,5H2,1-4H3. The van der Waals surface area contributed by atoms with Gasteiger partial charge in [-0.2, -0.15) is 0 Å². The number of hydrogen-bond donors (Lipinski definition) is 0. The highest BCUT2D eigenvalue weighted by molar-refractivity contribution is 6.39. The minimum Gasteiger partial charge on any atom is -0.461 e. The Labute approximate surface area is 133 Å². The molecule has 0 atom stereocenters. The topological polar surface area (TPSA) is 57.5 Å². The second-order valence-electron chi connectivity index (χ2n) is 5.72. The van der Waals surface area contributed by atoms with Crippen LogP contribution >= 0.6 is 11.6 Å². The third kappa shape index (κ3) is 3.09. The molecule has 0 aliphatic heterocycles. The van der Waals surface area contributed by atoms with Crippen molar-refractivity contribution in [1.82, 2.24) is 4.57 Å². The number of aromatic nitrogens is 1. The molecule has 2 rings (SSSR count). The van der Waals surface area contributed by atoms with Crippen molar-refractivity contribution in [3.05, 3.63) is 35.0 Å². The van der Waals surface area contributed by atoms with Gasteiger partial charge in [-0.05, 0) is 33.8 Å². The number of esters is 1. The van der Waals surface area contributed by atoms with Crippen LogP contribution < -0.4 is 0 Å². The van der Waals surface area contributed by atoms with Crippen molar-refractivity contribution >= 4 is 34.6 Å². The Bertz CT molecular complexity index is 728. The van der Waals surface area contributed by atoms with E-state index in [0.29, 0.717) is 10.9 Å². The van der Waals surface area contributed by atoms with Crippen molar-refractivity contribution in [3.8, 4) is 0 Å². The summed E-state index contributed by atoms with van der Waals surface area (Å²) in [4.78, 5) is 24.7. The number of nitrogens with zero attached hydrogens (tertiary/aromatic N) is 1. The summed E-state index contributed by atoms with van der Waals surface area (Å²) >= 11 is 6.28. The van der Waals surface area contributed by atoms with Crippen molar-refractivity contribution in [2.75, 3.05) is 6.61 Å². The molecule has 118 valence electrons. The van der Waals surface area contributed by atoms with Crippen LogP contribution in [0.2, 0.25) is 5.02 Å². The fraction of sp³-hybridized carbons (Fsp3) is 0.375. The molecule has 0 N–H and O–H groups in total. The number of ether oxygens (including phenoxy) is 2. The maximum absolute atomic E-state index is 12.5. The number of rotatable bonds is 2. The van der Waals surface area contributed by atoms with Crippen LogP contribution in [0, 0.1) is 0 Å². The van der Waals surface area contributed by atoms with Crippen LogP contribution in [0.15, 0.2) is 24.3 Å². The largest absolute Gasteiger partial charge is 0.461 e. The molecule has 0 amide bonds. The van der Waals surface area contributed by atoms with Crippen LogP contribution in [0.5, 0.6) is 0 Å². The number of hydrogen-bond acceptors (Lipinski definition) is 4. The number of carbonyl (C=O) groups is 2. The maximum Gasteiger partial charge on any atom is 0.419 e. The highest BCUT2D eigenvalue weighted by Crippen LogP contribution is 2.32. The average Bonchev–Trinajstić information content (AvgIpc) is 2.71. The summed E-state index contributed by atoms with van der Waals surface area (Å²) in [6.45, 7) is 7.13. The van der Waals surface area contributed by atoms with Gasteiger partial charge in [-0.3, -0.25) is 0 Å². The Morgan fingerprint density at radius 2 is 1.86 bits per heavy atom. The molecule has 6 heteroatoms. The molecule has 5 nitrogen and oxygen atoms in total. The molecule has 0 unspecified atom stereocenters. The molecule has 1 heterocycles. The fourth-order valence-electron chi connectivity index (χ4n) is 2.08. The highest BCUT2D eigenvalue weighted by Gasteiger charge is 2.29. The van der Waals surface area contributed by atoms with E-state index in [0.717, 1.165) is 0 Å². The van der Waals surface area contributed by atoms with Gasteiger partial charge in [0.2, 0.25) is 0 Å². The zero-order valence-electron chi connectivity index (χ0n) is 13.0. The molecule has 0 saturated heterocycles. The van der Waals surface area contributed by atoms with Crippen LogP contribution in [-0.4, -0.2) is 28.8 Å². The Morgan fingerprint density at radius 1 is 1.23 bits per heavy atom. The number of benzene rings is 1. The predicted molar refractivity (Wildman–Crippen MR) is 84.5 cm³/mol. The number of para-hydroxylation sites is 1. The smallest absolute Gasteiger partial charge is 0.419 e. The number of halogens is 1. The summed E-state index contributed by atoms with van der Waals surface area (Å²) in [6.07, 6.45) is -0.668. The van der Waals surface area contributed by atoms with Gasteiger partial charge < -0.3 is 9.47 Å². The minimum absolute atomic E-state index is 0.0148. The Morgan fingerprint density at radius 3 is 2.45 bits per heavy atom. The monoisotopic (exact) mass is 323 g/mol. The summed E-state index contributed by atoms with van der Waals surface area (Å²) < 4.78 is 11.5. The van der Waals surface area contributed by atoms with Gasteiger partial charge in [0, 0.05) is 5.39 Å². The summed E-state index contributed by atoms with van der Waals surface area (Å²) in [5, 5.41) is 0.776. The second kappa shape index (κ2) is 6.01. The van der Waals surface area contributed by atoms with E-state index >= 15 is 0 Å². The molecule has 2 aromatic rings. The third-order valence-electron chi connectivity index (χ3n) is 2.86. The van der Waals surface area contributed by atoms with Crippen LogP contribution in [0.3, 0.4) is 0 Å². The molecule has 1 aromatic carbocycles. The lowest BCUT2D eigenvalue weighted by molar-refractivity contribution is 0.0454. The van der Waals surface area contributed by atoms with Gasteiger partial charge in [0.25, 0.3) is 0 Å². The van der Waals surface area contributed by atoms with E-state index in [9.17, 15) is 9.59 Å². The van der Waals surface area contributed by atoms with Gasteiger partial charge >= 0.3 is 12.1 Å². The highest BCUT2D eigenvalue weighted by atomic mass is 35.5. The quantitative estimate of drug-likeness (QED) is 0.775. The van der Waals surface area contributed by atoms with Crippen molar-refractivity contribution in [2.45, 2.75) is 33.3 Å². The summed E-state index contributed by atoms with van der Waals surface area (Å²) in [7, 11) is 0. The second-order valence-corrected chi connectivity index (χ2v) is 6.09. The Balaban J connectivity index is 2.66. The zero-order valence-corrected chi connectivity index (χ0v) is 13.7. The summed E-state index contributed by atoms with van der Waals surface area (Å²) in [6, 6.07) is 6.98. The van der Waals surface area contributed by atoms with Crippen molar-refractivity contribution < 1.29 is 19.1 Å². The van der Waals surface area contributed by atoms with E-state index < -0.39 is 17.7 Å². The van der Waals surface area contributed by atoms with Gasteiger partial charge in [-0.25, -0.2) is 14.2 Å². The molecule has 0 bridgehead atoms. The molecule has 1 aromatic heterocycles. The molecule has 0 aliphatic carbocycles. The molecule has 0 spiro atoms. The third-order valence-corrected chi connectivity index (χ3v) is 3.24. The number of carbonyl (C=O) groups excluding carboxylic acids is 2. The summed E-state index contributed by atoms with van der Waals surface area (Å²) in [5.41, 5.74) is -0.204. The van der Waals surface area contributed by atoms with Gasteiger partial charge in [0.1, 0.15) is 5.60 Å². The molecule has 0 aliphatic rings. The normalized spacial score (nSPS) is 11.5. The fourth-order valence-corrected chi connectivity index (χ4v) is 2.40. The van der Waals surface area contributed by atoms with E-state index in [1.54, 1.807) is 52.0 Å². The average molecular weight is 324 g/mol. The lowest BCUT2D eigenvalue weighted by Crippen LogP contribution is -2.29. The maximum atomic E-state index is 12.5. The number of fused-ring (bicyclic) bond motifs is 1. The van der Waals surface area contributed by atoms with Crippen molar-refractivity contribution in [1.29, 1.82) is 0 Å². The first-order chi connectivity index (χ1) is 10.3. The minimum atomic E-state index is -0.694. The van der Waals surface area contributed by atoms with E-state index in [-0.39, 0.29) is 17.3 Å². The molecular weight excluding hydrogens is 306 g/mol. The summed E-state index contributed by atoms with van der Waals surface area (Å²) in [5.74, 6) is -0.658. The van der Waals surface area contributed by atoms with Gasteiger partial charge in [-0.1, -0.05) is 29.8 Å². The van der Waals surface area contributed by atoms with Crippen molar-refractivity contribution in [2.24, 2.45) is 0 Å². The Kier molecular flexibility index (Phi) is 4.47. The Hall–Kier alpha value is -2.01. The van der Waals surface area contributed by atoms with Gasteiger partial charge in [0.05, 0.1) is 17.1 Å². The first kappa shape index (κ1) is 16.4. The van der Waals surface area contributed by atoms with Crippen LogP contribution in [0.4, 0.5) is 4.79 Å². The lowest BCUT2D eigenvalue weighted by Gasteiger charge is -2.20. The molecule has 22 heavy (non-hydrogen) atoms. The van der Waals surface area contributed by atoms with Gasteiger partial charge in [-0.15, -0.1) is 0 Å². The molecule has 0 saturated carbocycles. The lowest BCUT2D eigenvalue weighted by atomic mass is 10.2. The van der Waals surface area contributed by atoms with E-state index in [1.165, 1.54) is 4.57 Å².